The number of ether oxygens (including phenoxy) is 1. The molecule has 1 aromatic rings. The summed E-state index contributed by atoms with van der Waals surface area (Å²) in [5, 5.41) is 11.8. The largest absolute Gasteiger partial charge is 0.508 e. The number of hydrogen-bond acceptors (Lipinski definition) is 4. The molecule has 0 spiro atoms. The van der Waals surface area contributed by atoms with E-state index in [-0.39, 0.29) is 17.8 Å². The second-order valence-electron chi connectivity index (χ2n) is 4.61. The highest BCUT2D eigenvalue weighted by Crippen LogP contribution is 2.12. The molecule has 104 valence electrons. The fraction of sp³-hybridized carbons (Fsp3) is 0.429. The normalized spacial score (nSPS) is 12.0. The lowest BCUT2D eigenvalue weighted by atomic mass is 10.1. The molecule has 0 radical (unpaired) electrons. The summed E-state index contributed by atoms with van der Waals surface area (Å²) >= 11 is 0. The van der Waals surface area contributed by atoms with Gasteiger partial charge in [-0.25, -0.2) is 4.79 Å². The van der Waals surface area contributed by atoms with Crippen molar-refractivity contribution in [1.29, 1.82) is 0 Å². The van der Waals surface area contributed by atoms with Gasteiger partial charge in [-0.05, 0) is 31.5 Å². The van der Waals surface area contributed by atoms with E-state index in [2.05, 4.69) is 5.32 Å². The van der Waals surface area contributed by atoms with Crippen LogP contribution in [0.3, 0.4) is 0 Å². The Morgan fingerprint density at radius 1 is 1.26 bits per heavy atom. The second kappa shape index (κ2) is 6.78. The Morgan fingerprint density at radius 3 is 2.32 bits per heavy atom. The second-order valence-corrected chi connectivity index (χ2v) is 4.61. The molecule has 0 aliphatic rings. The lowest BCUT2D eigenvalue weighted by molar-refractivity contribution is -0.151. The number of nitrogens with one attached hydrogen (secondary N) is 1. The maximum atomic E-state index is 11.9. The zero-order chi connectivity index (χ0) is 14.4. The summed E-state index contributed by atoms with van der Waals surface area (Å²) < 4.78 is 5.11. The minimum atomic E-state index is -0.718. The molecule has 0 aromatic heterocycles. The van der Waals surface area contributed by atoms with E-state index in [4.69, 9.17) is 4.74 Å². The third kappa shape index (κ3) is 5.42. The van der Waals surface area contributed by atoms with Gasteiger partial charge in [-0.3, -0.25) is 4.79 Å². The summed E-state index contributed by atoms with van der Waals surface area (Å²) in [6, 6.07) is 5.76. The van der Waals surface area contributed by atoms with Gasteiger partial charge < -0.3 is 15.2 Å². The number of aromatic hydroxyl groups is 1. The Hall–Kier alpha value is -2.04. The van der Waals surface area contributed by atoms with Crippen molar-refractivity contribution in [3.05, 3.63) is 29.8 Å². The minimum absolute atomic E-state index is 0.157. The van der Waals surface area contributed by atoms with E-state index in [1.165, 1.54) is 19.1 Å². The fourth-order valence-corrected chi connectivity index (χ4v) is 1.62. The number of phenols is 1. The molecule has 0 heterocycles. The van der Waals surface area contributed by atoms with Crippen LogP contribution in [0, 0.1) is 0 Å². The number of rotatable bonds is 5. The molecule has 0 aliphatic heterocycles. The number of amides is 1. The van der Waals surface area contributed by atoms with Gasteiger partial charge in [-0.2, -0.15) is 0 Å². The first-order valence-electron chi connectivity index (χ1n) is 6.14. The Bertz CT molecular complexity index is 439. The third-order valence-electron chi connectivity index (χ3n) is 2.39. The number of carbonyl (C=O) groups excluding carboxylic acids is 2. The van der Waals surface area contributed by atoms with Crippen LogP contribution in [-0.4, -0.2) is 29.1 Å². The number of phenolic OH excluding ortho intramolecular Hbond substituents is 1. The maximum absolute atomic E-state index is 11.9. The van der Waals surface area contributed by atoms with E-state index >= 15 is 0 Å². The first-order chi connectivity index (χ1) is 8.88. The maximum Gasteiger partial charge on any atom is 0.329 e. The van der Waals surface area contributed by atoms with Gasteiger partial charge >= 0.3 is 5.97 Å². The van der Waals surface area contributed by atoms with Crippen molar-refractivity contribution < 1.29 is 19.4 Å². The van der Waals surface area contributed by atoms with Gasteiger partial charge in [0.15, 0.2) is 0 Å². The summed E-state index contributed by atoms with van der Waals surface area (Å²) in [5.74, 6) is -0.590. The predicted molar refractivity (Wildman–Crippen MR) is 70.6 cm³/mol. The molecule has 1 rings (SSSR count). The highest BCUT2D eigenvalue weighted by molar-refractivity contribution is 5.83. The molecule has 5 heteroatoms. The molecule has 0 fully saturated rings. The number of benzene rings is 1. The highest BCUT2D eigenvalue weighted by Gasteiger charge is 2.22. The summed E-state index contributed by atoms with van der Waals surface area (Å²) in [7, 11) is 0. The predicted octanol–water partition coefficient (Wildman–Crippen LogP) is 1.39. The minimum Gasteiger partial charge on any atom is -0.508 e. The van der Waals surface area contributed by atoms with Crippen LogP contribution >= 0.6 is 0 Å². The van der Waals surface area contributed by atoms with Crippen molar-refractivity contribution in [2.24, 2.45) is 0 Å². The van der Waals surface area contributed by atoms with Crippen LogP contribution in [-0.2, 0) is 20.7 Å². The van der Waals surface area contributed by atoms with E-state index in [9.17, 15) is 14.7 Å². The molecule has 19 heavy (non-hydrogen) atoms. The molecule has 1 aromatic carbocycles. The van der Waals surface area contributed by atoms with E-state index in [1.807, 2.05) is 0 Å². The van der Waals surface area contributed by atoms with Gasteiger partial charge in [0.1, 0.15) is 11.8 Å². The lowest BCUT2D eigenvalue weighted by Crippen LogP contribution is -2.43. The number of hydrogen-bond donors (Lipinski definition) is 2. The van der Waals surface area contributed by atoms with Gasteiger partial charge in [-0.15, -0.1) is 0 Å². The summed E-state index contributed by atoms with van der Waals surface area (Å²) in [6.07, 6.45) is 0.0920. The van der Waals surface area contributed by atoms with Crippen molar-refractivity contribution in [2.75, 3.05) is 0 Å². The average molecular weight is 265 g/mol. The van der Waals surface area contributed by atoms with Gasteiger partial charge in [0.2, 0.25) is 5.91 Å². The molecule has 0 bridgehead atoms. The van der Waals surface area contributed by atoms with E-state index in [0.29, 0.717) is 6.42 Å². The van der Waals surface area contributed by atoms with Crippen LogP contribution in [0.4, 0.5) is 0 Å². The van der Waals surface area contributed by atoms with Crippen LogP contribution in [0.2, 0.25) is 0 Å². The molecule has 0 saturated carbocycles. The quantitative estimate of drug-likeness (QED) is 0.789. The number of carbonyl (C=O) groups is 2. The number of esters is 1. The van der Waals surface area contributed by atoms with Crippen LogP contribution in [0.15, 0.2) is 24.3 Å². The van der Waals surface area contributed by atoms with Crippen LogP contribution in [0.1, 0.15) is 26.3 Å². The molecule has 1 atom stereocenters. The Balaban J connectivity index is 2.76. The zero-order valence-corrected chi connectivity index (χ0v) is 11.3. The average Bonchev–Trinajstić information content (AvgIpc) is 2.29. The zero-order valence-electron chi connectivity index (χ0n) is 11.3. The molecule has 2 N–H and O–H groups in total. The van der Waals surface area contributed by atoms with Crippen LogP contribution < -0.4 is 5.32 Å². The van der Waals surface area contributed by atoms with Crippen LogP contribution in [0.25, 0.3) is 0 Å². The fourth-order valence-electron chi connectivity index (χ4n) is 1.62. The molecule has 5 nitrogen and oxygen atoms in total. The SMILES string of the molecule is CC(=O)NC(Cc1ccc(O)cc1)C(=O)OC(C)C. The van der Waals surface area contributed by atoms with Crippen molar-refractivity contribution in [1.82, 2.24) is 5.32 Å². The van der Waals surface area contributed by atoms with Gasteiger partial charge in [0.25, 0.3) is 0 Å². The monoisotopic (exact) mass is 265 g/mol. The van der Waals surface area contributed by atoms with Gasteiger partial charge in [0, 0.05) is 13.3 Å². The van der Waals surface area contributed by atoms with Crippen molar-refractivity contribution in [3.8, 4) is 5.75 Å². The Kier molecular flexibility index (Phi) is 5.36. The van der Waals surface area contributed by atoms with Gasteiger partial charge in [-0.1, -0.05) is 12.1 Å². The van der Waals surface area contributed by atoms with Crippen LogP contribution in [0.5, 0.6) is 5.75 Å². The molecule has 1 unspecified atom stereocenters. The van der Waals surface area contributed by atoms with E-state index < -0.39 is 12.0 Å². The van der Waals surface area contributed by atoms with E-state index in [1.54, 1.807) is 26.0 Å². The molecular weight excluding hydrogens is 246 g/mol. The molecule has 1 amide bonds. The molecule has 0 aliphatic carbocycles. The standard InChI is InChI=1S/C14H19NO4/c1-9(2)19-14(18)13(15-10(3)16)8-11-4-6-12(17)7-5-11/h4-7,9,13,17H,8H2,1-3H3,(H,15,16). The Morgan fingerprint density at radius 2 is 1.84 bits per heavy atom. The third-order valence-corrected chi connectivity index (χ3v) is 2.39. The van der Waals surface area contributed by atoms with Crippen molar-refractivity contribution in [3.63, 3.8) is 0 Å². The molecule has 0 saturated heterocycles. The van der Waals surface area contributed by atoms with Gasteiger partial charge in [0.05, 0.1) is 6.10 Å². The van der Waals surface area contributed by atoms with Crippen molar-refractivity contribution >= 4 is 11.9 Å². The summed E-state index contributed by atoms with van der Waals surface area (Å²) in [6.45, 7) is 4.86. The lowest BCUT2D eigenvalue weighted by Gasteiger charge is -2.18. The van der Waals surface area contributed by atoms with E-state index in [0.717, 1.165) is 5.56 Å². The summed E-state index contributed by atoms with van der Waals surface area (Å²) in [5.41, 5.74) is 0.831. The highest BCUT2D eigenvalue weighted by atomic mass is 16.5. The Labute approximate surface area is 112 Å². The van der Waals surface area contributed by atoms with Crippen molar-refractivity contribution in [2.45, 2.75) is 39.3 Å². The first kappa shape index (κ1) is 15.0. The summed E-state index contributed by atoms with van der Waals surface area (Å²) in [4.78, 5) is 23.0. The topological polar surface area (TPSA) is 75.6 Å². The first-order valence-corrected chi connectivity index (χ1v) is 6.14. The smallest absolute Gasteiger partial charge is 0.329 e. The molecular formula is C14H19NO4.